The molecule has 3 amide bonds. The van der Waals surface area contributed by atoms with Crippen LogP contribution in [0.5, 0.6) is 5.75 Å². The molecule has 0 saturated heterocycles. The van der Waals surface area contributed by atoms with E-state index in [0.717, 1.165) is 4.90 Å². The number of hydrogen-bond acceptors (Lipinski definition) is 5. The van der Waals surface area contributed by atoms with Gasteiger partial charge in [0.15, 0.2) is 0 Å². The third-order valence-electron chi connectivity index (χ3n) is 2.83. The van der Waals surface area contributed by atoms with Gasteiger partial charge >= 0.3 is 51.4 Å². The molecule has 7 nitrogen and oxygen atoms in total. The van der Waals surface area contributed by atoms with Gasteiger partial charge in [-0.1, -0.05) is 6.07 Å². The fraction of sp³-hybridized carbons (Fsp3) is 0.231. The van der Waals surface area contributed by atoms with Gasteiger partial charge in [-0.05, 0) is 12.1 Å². The van der Waals surface area contributed by atoms with Gasteiger partial charge in [-0.2, -0.15) is 6.42 Å². The van der Waals surface area contributed by atoms with Crippen LogP contribution in [0.25, 0.3) is 0 Å². The van der Waals surface area contributed by atoms with E-state index in [-0.39, 0.29) is 75.3 Å². The molecule has 0 unspecified atom stereocenters. The smallest absolute Gasteiger partial charge is 0.870 e. The number of carbonyl (C=O) groups excluding carboxylic acids is 3. The van der Waals surface area contributed by atoms with Crippen LogP contribution < -0.4 is 61.9 Å². The van der Waals surface area contributed by atoms with Crippen molar-refractivity contribution in [2.75, 3.05) is 7.11 Å². The van der Waals surface area contributed by atoms with Crippen molar-refractivity contribution in [3.05, 3.63) is 35.9 Å². The number of nitrogens with zero attached hydrogens (tertiary/aromatic N) is 1. The fourth-order valence-corrected chi connectivity index (χ4v) is 1.94. The maximum Gasteiger partial charge on any atom is 1.00 e. The molecule has 3 N–H and O–H groups in total. The zero-order valence-corrected chi connectivity index (χ0v) is 15.0. The minimum atomic E-state index is -0.481. The molecule has 1 aliphatic heterocycles. The Balaban J connectivity index is 0.00000200. The number of benzene rings is 1. The summed E-state index contributed by atoms with van der Waals surface area (Å²) in [5, 5.41) is 0. The summed E-state index contributed by atoms with van der Waals surface area (Å²) >= 11 is 0. The van der Waals surface area contributed by atoms with Gasteiger partial charge in [0.25, 0.3) is 0 Å². The van der Waals surface area contributed by atoms with Crippen molar-refractivity contribution in [1.82, 2.24) is 4.90 Å². The molecule has 1 aromatic rings. The molecule has 0 atom stereocenters. The van der Waals surface area contributed by atoms with Crippen molar-refractivity contribution < 1.29 is 76.0 Å². The average Bonchev–Trinajstić information content (AvgIpc) is 2.63. The Labute approximate surface area is 164 Å². The van der Waals surface area contributed by atoms with E-state index >= 15 is 0 Å². The van der Waals surface area contributed by atoms with Gasteiger partial charge in [-0.3, -0.25) is 14.4 Å². The van der Waals surface area contributed by atoms with Gasteiger partial charge in [0.1, 0.15) is 5.75 Å². The molecule has 1 aromatic carbocycles. The zero-order valence-electron chi connectivity index (χ0n) is 11.8. The average molecular weight is 317 g/mol. The number of nitrogens with two attached hydrogens (primary N) is 1. The van der Waals surface area contributed by atoms with Crippen molar-refractivity contribution in [3.8, 4) is 5.75 Å². The quantitative estimate of drug-likeness (QED) is 0.367. The summed E-state index contributed by atoms with van der Waals surface area (Å²) in [6.45, 7) is 1.38. The van der Waals surface area contributed by atoms with E-state index in [1.54, 1.807) is 18.2 Å². The van der Waals surface area contributed by atoms with Gasteiger partial charge in [0, 0.05) is 6.42 Å². The Morgan fingerprint density at radius 3 is 2.57 bits per heavy atom. The van der Waals surface area contributed by atoms with E-state index in [1.165, 1.54) is 13.7 Å². The van der Waals surface area contributed by atoms with E-state index in [1.807, 2.05) is 0 Å². The molecular formula is C13H14KN2O5-. The Morgan fingerprint density at radius 2 is 2.00 bits per heavy atom. The second-order valence-electron chi connectivity index (χ2n) is 4.05. The Kier molecular flexibility index (Phi) is 8.30. The van der Waals surface area contributed by atoms with Crippen LogP contribution in [0.2, 0.25) is 0 Å². The van der Waals surface area contributed by atoms with Crippen LogP contribution in [0.15, 0.2) is 18.2 Å². The third-order valence-corrected chi connectivity index (χ3v) is 2.83. The normalized spacial score (nSPS) is 12.3. The van der Waals surface area contributed by atoms with Crippen molar-refractivity contribution in [1.29, 1.82) is 0 Å². The van der Waals surface area contributed by atoms with Crippen LogP contribution in [0.3, 0.4) is 0 Å². The summed E-state index contributed by atoms with van der Waals surface area (Å²) in [4.78, 5) is 35.8. The number of carbonyl (C=O) groups is 3. The number of hydrogen-bond donors (Lipinski definition) is 1. The van der Waals surface area contributed by atoms with E-state index < -0.39 is 17.7 Å². The first-order valence-electron chi connectivity index (χ1n) is 5.72. The number of amides is 3. The Bertz CT molecular complexity index is 561. The molecule has 2 rings (SSSR count). The molecule has 0 bridgehead atoms. The van der Waals surface area contributed by atoms with E-state index in [9.17, 15) is 14.4 Å². The number of imide groups is 1. The van der Waals surface area contributed by atoms with Gasteiger partial charge < -0.3 is 20.8 Å². The molecule has 0 spiro atoms. The number of rotatable bonds is 5. The molecule has 0 radical (unpaired) electrons. The van der Waals surface area contributed by atoms with E-state index in [0.29, 0.717) is 11.3 Å². The molecule has 1 aliphatic rings. The molecule has 21 heavy (non-hydrogen) atoms. The fourth-order valence-electron chi connectivity index (χ4n) is 1.94. The third kappa shape index (κ3) is 4.12. The molecule has 0 aliphatic carbocycles. The van der Waals surface area contributed by atoms with Crippen molar-refractivity contribution in [2.24, 2.45) is 5.73 Å². The minimum Gasteiger partial charge on any atom is -0.870 e. The standard InChI is InChI=1S/C13H13N2O4.K.H2O/c1-19-9-5-2-4-8-11(9)13(18)15(12(8)17)7-3-6-10(14)16;;/h2,4-5,7H,3,6H2,1H3,(H2,14,16);;1H2/q-1;+1;/p-1. The molecule has 0 saturated carbocycles. The van der Waals surface area contributed by atoms with Gasteiger partial charge in [0.2, 0.25) is 17.7 Å². The Hall–Kier alpha value is -0.774. The van der Waals surface area contributed by atoms with Crippen molar-refractivity contribution in [2.45, 2.75) is 12.8 Å². The Morgan fingerprint density at radius 1 is 1.33 bits per heavy atom. The summed E-state index contributed by atoms with van der Waals surface area (Å²) in [5.41, 5.74) is 5.57. The van der Waals surface area contributed by atoms with Crippen LogP contribution in [-0.2, 0) is 4.79 Å². The number of primary amides is 1. The first-order chi connectivity index (χ1) is 9.06. The van der Waals surface area contributed by atoms with Crippen LogP contribution >= 0.6 is 0 Å². The summed E-state index contributed by atoms with van der Waals surface area (Å²) < 4.78 is 5.08. The first kappa shape index (κ1) is 20.2. The summed E-state index contributed by atoms with van der Waals surface area (Å²) in [6, 6.07) is 4.84. The van der Waals surface area contributed by atoms with E-state index in [4.69, 9.17) is 10.5 Å². The molecule has 108 valence electrons. The largest absolute Gasteiger partial charge is 1.00 e. The van der Waals surface area contributed by atoms with Crippen LogP contribution in [-0.4, -0.2) is 35.2 Å². The van der Waals surface area contributed by atoms with Gasteiger partial charge in [-0.25, -0.2) is 6.54 Å². The predicted molar refractivity (Wildman–Crippen MR) is 68.2 cm³/mol. The van der Waals surface area contributed by atoms with E-state index in [2.05, 4.69) is 0 Å². The number of ether oxygens (including phenoxy) is 1. The number of methoxy groups -OCH3 is 1. The summed E-state index contributed by atoms with van der Waals surface area (Å²) in [7, 11) is 1.44. The molecule has 8 heteroatoms. The molecule has 1 heterocycles. The maximum atomic E-state index is 12.1. The summed E-state index contributed by atoms with van der Waals surface area (Å²) in [6.07, 6.45) is 0.327. The van der Waals surface area contributed by atoms with Crippen LogP contribution in [0.4, 0.5) is 0 Å². The van der Waals surface area contributed by atoms with Crippen molar-refractivity contribution >= 4 is 17.7 Å². The van der Waals surface area contributed by atoms with Crippen LogP contribution in [0, 0.1) is 6.54 Å². The molecule has 0 fully saturated rings. The zero-order chi connectivity index (χ0) is 14.0. The van der Waals surface area contributed by atoms with Gasteiger partial charge in [0.05, 0.1) is 18.2 Å². The SMILES string of the molecule is COc1cccc2c1C(=O)N([CH-]CCC(N)=O)C2=O.[K+].[OH-]. The van der Waals surface area contributed by atoms with Crippen LogP contribution in [0.1, 0.15) is 33.6 Å². The van der Waals surface area contributed by atoms with Gasteiger partial charge in [-0.15, -0.1) is 0 Å². The topological polar surface area (TPSA) is 120 Å². The molecule has 0 aromatic heterocycles. The second-order valence-corrected chi connectivity index (χ2v) is 4.05. The maximum absolute atomic E-state index is 12.1. The minimum absolute atomic E-state index is 0. The van der Waals surface area contributed by atoms with Crippen molar-refractivity contribution in [3.63, 3.8) is 0 Å². The number of fused-ring (bicyclic) bond motifs is 1. The summed E-state index contributed by atoms with van der Waals surface area (Å²) in [5.74, 6) is -0.975. The monoisotopic (exact) mass is 317 g/mol. The first-order valence-corrected chi connectivity index (χ1v) is 5.72. The second kappa shape index (κ2) is 8.62. The molecular weight excluding hydrogens is 303 g/mol. The predicted octanol–water partition coefficient (Wildman–Crippen LogP) is -2.45.